The second-order valence-electron chi connectivity index (χ2n) is 4.69. The molecular formula is C13H13F3O2. The molecule has 0 atom stereocenters. The molecule has 0 saturated heterocycles. The van der Waals surface area contributed by atoms with Crippen molar-refractivity contribution in [1.29, 1.82) is 0 Å². The van der Waals surface area contributed by atoms with Crippen LogP contribution in [0, 0.1) is 0 Å². The van der Waals surface area contributed by atoms with Gasteiger partial charge >= 0.3 is 12.1 Å². The summed E-state index contributed by atoms with van der Waals surface area (Å²) < 4.78 is 37.5. The fourth-order valence-corrected chi connectivity index (χ4v) is 2.49. The van der Waals surface area contributed by atoms with Crippen molar-refractivity contribution < 1.29 is 23.1 Å². The summed E-state index contributed by atoms with van der Waals surface area (Å²) in [6.07, 6.45) is -3.82. The van der Waals surface area contributed by atoms with E-state index in [2.05, 4.69) is 0 Å². The van der Waals surface area contributed by atoms with E-state index in [-0.39, 0.29) is 5.56 Å². The summed E-state index contributed by atoms with van der Waals surface area (Å²) in [6, 6.07) is 5.98. The molecule has 2 rings (SSSR count). The van der Waals surface area contributed by atoms with Crippen molar-refractivity contribution in [3.05, 3.63) is 35.4 Å². The van der Waals surface area contributed by atoms with E-state index in [9.17, 15) is 23.1 Å². The van der Waals surface area contributed by atoms with Gasteiger partial charge in [0.05, 0.1) is 11.8 Å². The highest BCUT2D eigenvalue weighted by atomic mass is 19.4. The summed E-state index contributed by atoms with van der Waals surface area (Å²) in [5.41, 5.74) is -0.713. The van der Waals surface area contributed by atoms with Gasteiger partial charge in [0.1, 0.15) is 0 Å². The van der Waals surface area contributed by atoms with E-state index >= 15 is 0 Å². The number of alkyl halides is 3. The fourth-order valence-electron chi connectivity index (χ4n) is 2.49. The molecule has 1 aromatic carbocycles. The van der Waals surface area contributed by atoms with Crippen LogP contribution in [-0.2, 0) is 16.6 Å². The van der Waals surface area contributed by atoms with Gasteiger partial charge in [-0.3, -0.25) is 4.79 Å². The zero-order valence-electron chi connectivity index (χ0n) is 9.63. The Balaban J connectivity index is 2.41. The van der Waals surface area contributed by atoms with Gasteiger partial charge in [-0.05, 0) is 24.0 Å². The van der Waals surface area contributed by atoms with Crippen molar-refractivity contribution in [2.45, 2.75) is 37.3 Å². The third-order valence-electron chi connectivity index (χ3n) is 3.54. The maximum atomic E-state index is 12.5. The Morgan fingerprint density at radius 3 is 2.33 bits per heavy atom. The minimum Gasteiger partial charge on any atom is -0.481 e. The second kappa shape index (κ2) is 4.30. The van der Waals surface area contributed by atoms with Crippen LogP contribution in [0.2, 0.25) is 0 Å². The maximum absolute atomic E-state index is 12.5. The Labute approximate surface area is 102 Å². The molecule has 0 unspecified atom stereocenters. The number of carboxylic acid groups (broad SMARTS) is 1. The summed E-state index contributed by atoms with van der Waals surface area (Å²) in [5.74, 6) is -1.02. The highest BCUT2D eigenvalue weighted by Crippen LogP contribution is 2.46. The van der Waals surface area contributed by atoms with Crippen molar-refractivity contribution in [2.75, 3.05) is 0 Å². The predicted molar refractivity (Wildman–Crippen MR) is 59.4 cm³/mol. The standard InChI is InChI=1S/C13H13F3O2/c14-13(15,16)8-9-4-1-2-5-10(9)12(11(17)18)6-3-7-12/h1-2,4-5H,3,6-8H2,(H,17,18). The van der Waals surface area contributed by atoms with Crippen molar-refractivity contribution in [2.24, 2.45) is 0 Å². The predicted octanol–water partition coefficient (Wildman–Crippen LogP) is 3.30. The van der Waals surface area contributed by atoms with E-state index in [1.807, 2.05) is 0 Å². The van der Waals surface area contributed by atoms with Gasteiger partial charge in [0.2, 0.25) is 0 Å². The highest BCUT2D eigenvalue weighted by Gasteiger charge is 2.47. The van der Waals surface area contributed by atoms with Crippen molar-refractivity contribution in [3.8, 4) is 0 Å². The average Bonchev–Trinajstić information content (AvgIpc) is 2.15. The Morgan fingerprint density at radius 2 is 1.89 bits per heavy atom. The van der Waals surface area contributed by atoms with Crippen LogP contribution < -0.4 is 0 Å². The minimum absolute atomic E-state index is 0.0760. The van der Waals surface area contributed by atoms with E-state index < -0.39 is 24.0 Å². The fraction of sp³-hybridized carbons (Fsp3) is 0.462. The van der Waals surface area contributed by atoms with Gasteiger partial charge in [0, 0.05) is 0 Å². The van der Waals surface area contributed by atoms with Gasteiger partial charge in [0.25, 0.3) is 0 Å². The molecule has 0 amide bonds. The number of halogens is 3. The molecule has 98 valence electrons. The van der Waals surface area contributed by atoms with Gasteiger partial charge < -0.3 is 5.11 Å². The molecule has 1 aliphatic rings. The molecule has 0 radical (unpaired) electrons. The molecule has 1 fully saturated rings. The molecule has 1 aromatic rings. The van der Waals surface area contributed by atoms with Crippen LogP contribution in [-0.4, -0.2) is 17.3 Å². The number of hydrogen-bond donors (Lipinski definition) is 1. The molecule has 1 aliphatic carbocycles. The lowest BCUT2D eigenvalue weighted by Crippen LogP contribution is -2.43. The summed E-state index contributed by atoms with van der Waals surface area (Å²) >= 11 is 0. The third kappa shape index (κ3) is 2.21. The molecule has 2 nitrogen and oxygen atoms in total. The smallest absolute Gasteiger partial charge is 0.393 e. The van der Waals surface area contributed by atoms with Gasteiger partial charge in [-0.2, -0.15) is 13.2 Å². The van der Waals surface area contributed by atoms with E-state index in [1.165, 1.54) is 18.2 Å². The van der Waals surface area contributed by atoms with Gasteiger partial charge in [0.15, 0.2) is 0 Å². The van der Waals surface area contributed by atoms with E-state index in [4.69, 9.17) is 0 Å². The number of hydrogen-bond acceptors (Lipinski definition) is 1. The van der Waals surface area contributed by atoms with E-state index in [0.29, 0.717) is 18.4 Å². The topological polar surface area (TPSA) is 37.3 Å². The first-order valence-corrected chi connectivity index (χ1v) is 5.74. The monoisotopic (exact) mass is 258 g/mol. The van der Waals surface area contributed by atoms with Crippen LogP contribution in [0.5, 0.6) is 0 Å². The first-order chi connectivity index (χ1) is 8.35. The SMILES string of the molecule is O=C(O)C1(c2ccccc2CC(F)(F)F)CCC1. The first kappa shape index (κ1) is 12.9. The molecule has 0 heterocycles. The normalized spacial score (nSPS) is 18.2. The Bertz CT molecular complexity index is 462. The lowest BCUT2D eigenvalue weighted by atomic mass is 9.63. The van der Waals surface area contributed by atoms with Crippen molar-refractivity contribution >= 4 is 5.97 Å². The Kier molecular flexibility index (Phi) is 3.09. The number of carboxylic acids is 1. The zero-order valence-corrected chi connectivity index (χ0v) is 9.63. The average molecular weight is 258 g/mol. The number of carbonyl (C=O) groups is 1. The molecule has 1 saturated carbocycles. The van der Waals surface area contributed by atoms with Gasteiger partial charge in [-0.1, -0.05) is 30.7 Å². The van der Waals surface area contributed by atoms with Crippen LogP contribution in [0.25, 0.3) is 0 Å². The Morgan fingerprint density at radius 1 is 1.28 bits per heavy atom. The molecule has 1 N–H and O–H groups in total. The van der Waals surface area contributed by atoms with Crippen LogP contribution in [0.3, 0.4) is 0 Å². The molecule has 18 heavy (non-hydrogen) atoms. The molecule has 0 aromatic heterocycles. The van der Waals surface area contributed by atoms with Crippen LogP contribution in [0.15, 0.2) is 24.3 Å². The number of rotatable bonds is 3. The maximum Gasteiger partial charge on any atom is 0.393 e. The zero-order chi connectivity index (χ0) is 13.4. The van der Waals surface area contributed by atoms with Gasteiger partial charge in [-0.25, -0.2) is 0 Å². The minimum atomic E-state index is -4.32. The van der Waals surface area contributed by atoms with Gasteiger partial charge in [-0.15, -0.1) is 0 Å². The summed E-state index contributed by atoms with van der Waals surface area (Å²) in [5, 5.41) is 9.28. The number of aliphatic carboxylic acids is 1. The van der Waals surface area contributed by atoms with Crippen LogP contribution >= 0.6 is 0 Å². The second-order valence-corrected chi connectivity index (χ2v) is 4.69. The van der Waals surface area contributed by atoms with Crippen molar-refractivity contribution in [1.82, 2.24) is 0 Å². The number of benzene rings is 1. The third-order valence-corrected chi connectivity index (χ3v) is 3.54. The molecule has 5 heteroatoms. The van der Waals surface area contributed by atoms with Crippen LogP contribution in [0.4, 0.5) is 13.2 Å². The van der Waals surface area contributed by atoms with Crippen molar-refractivity contribution in [3.63, 3.8) is 0 Å². The highest BCUT2D eigenvalue weighted by molar-refractivity contribution is 5.83. The largest absolute Gasteiger partial charge is 0.481 e. The lowest BCUT2D eigenvalue weighted by Gasteiger charge is -2.39. The first-order valence-electron chi connectivity index (χ1n) is 5.74. The quantitative estimate of drug-likeness (QED) is 0.903. The summed E-state index contributed by atoms with van der Waals surface area (Å²) in [4.78, 5) is 11.3. The molecule has 0 spiro atoms. The van der Waals surface area contributed by atoms with Crippen LogP contribution in [0.1, 0.15) is 30.4 Å². The summed E-state index contributed by atoms with van der Waals surface area (Å²) in [7, 11) is 0. The summed E-state index contributed by atoms with van der Waals surface area (Å²) in [6.45, 7) is 0. The molecule has 0 bridgehead atoms. The van der Waals surface area contributed by atoms with E-state index in [1.54, 1.807) is 6.07 Å². The lowest BCUT2D eigenvalue weighted by molar-refractivity contribution is -0.148. The van der Waals surface area contributed by atoms with E-state index in [0.717, 1.165) is 6.42 Å². The molecular weight excluding hydrogens is 245 g/mol. The molecule has 0 aliphatic heterocycles. The Hall–Kier alpha value is -1.52.